The highest BCUT2D eigenvalue weighted by atomic mass is 35.5. The Morgan fingerprint density at radius 2 is 1.60 bits per heavy atom. The third kappa shape index (κ3) is 3.86. The molecule has 2 atom stereocenters. The summed E-state index contributed by atoms with van der Waals surface area (Å²) in [4.78, 5) is 2.37. The molecule has 2 unspecified atom stereocenters. The molecule has 0 saturated carbocycles. The van der Waals surface area contributed by atoms with Crippen LogP contribution in [0.5, 0.6) is 0 Å². The largest absolute Gasteiger partial charge is 0.339 e. The fourth-order valence-electron chi connectivity index (χ4n) is 6.32. The fraction of sp³-hybridized carbons (Fsp3) is 0.250. The molecule has 178 valence electrons. The van der Waals surface area contributed by atoms with E-state index in [2.05, 4.69) is 119 Å². The van der Waals surface area contributed by atoms with Crippen LogP contribution >= 0.6 is 11.6 Å². The normalized spacial score (nSPS) is 19.8. The van der Waals surface area contributed by atoms with Crippen LogP contribution in [0, 0.1) is 20.8 Å². The Hall–Kier alpha value is -3.07. The van der Waals surface area contributed by atoms with E-state index >= 15 is 0 Å². The third-order valence-corrected chi connectivity index (χ3v) is 8.13. The van der Waals surface area contributed by atoms with Crippen LogP contribution in [0.4, 0.5) is 17.1 Å². The smallest absolute Gasteiger partial charge is 0.164 e. The molecule has 2 nitrogen and oxygen atoms in total. The monoisotopic (exact) mass is 481 g/mol. The van der Waals surface area contributed by atoms with Crippen molar-refractivity contribution in [3.63, 3.8) is 0 Å². The summed E-state index contributed by atoms with van der Waals surface area (Å²) in [6.45, 7) is 6.67. The molecule has 4 aromatic rings. The van der Waals surface area contributed by atoms with E-state index in [1.807, 2.05) is 0 Å². The lowest BCUT2D eigenvalue weighted by molar-refractivity contribution is 0.295. The summed E-state index contributed by atoms with van der Waals surface area (Å²) in [5, 5.41) is 2.63. The van der Waals surface area contributed by atoms with E-state index < -0.39 is 0 Å². The number of hydrogen-bond donors (Lipinski definition) is 0. The van der Waals surface area contributed by atoms with Crippen LogP contribution < -0.4 is 9.38 Å². The molecule has 0 radical (unpaired) electrons. The van der Waals surface area contributed by atoms with Crippen LogP contribution in [0.15, 0.2) is 84.5 Å². The van der Waals surface area contributed by atoms with E-state index in [0.717, 1.165) is 12.8 Å². The van der Waals surface area contributed by atoms with E-state index in [1.54, 1.807) is 5.54 Å². The lowest BCUT2D eigenvalue weighted by atomic mass is 9.85. The molecule has 0 spiro atoms. The second-order valence-electron chi connectivity index (χ2n) is 10.1. The van der Waals surface area contributed by atoms with E-state index in [-0.39, 0.29) is 6.04 Å². The predicted octanol–water partition coefficient (Wildman–Crippen LogP) is 8.87. The number of aryl methyl sites for hydroxylation is 4. The lowest BCUT2D eigenvalue weighted by Gasteiger charge is -2.45. The first-order valence-electron chi connectivity index (χ1n) is 12.4. The first-order valence-corrected chi connectivity index (χ1v) is 12.8. The Morgan fingerprint density at radius 3 is 2.34 bits per heavy atom. The number of fused-ring (bicyclic) bond motifs is 2. The summed E-state index contributed by atoms with van der Waals surface area (Å²) in [6, 6.07) is 26.9. The number of benzene rings is 4. The Kier molecular flexibility index (Phi) is 6.21. The maximum atomic E-state index is 6.37. The summed E-state index contributed by atoms with van der Waals surface area (Å²) in [6.07, 6.45) is 4.28. The first kappa shape index (κ1) is 23.7. The Balaban J connectivity index is 1.72. The molecule has 0 amide bonds. The van der Waals surface area contributed by atoms with Crippen LogP contribution in [-0.4, -0.2) is 14.1 Å². The van der Waals surface area contributed by atoms with Crippen molar-refractivity contribution in [3.05, 3.63) is 112 Å². The molecule has 0 N–H and O–H groups in total. The molecule has 35 heavy (non-hydrogen) atoms. The number of anilines is 2. The zero-order valence-electron chi connectivity index (χ0n) is 21.3. The summed E-state index contributed by atoms with van der Waals surface area (Å²) in [5.74, 6) is 0. The predicted molar refractivity (Wildman–Crippen MR) is 153 cm³/mol. The maximum absolute atomic E-state index is 6.37. The van der Waals surface area contributed by atoms with Gasteiger partial charge in [0.25, 0.3) is 0 Å². The highest BCUT2D eigenvalue weighted by Crippen LogP contribution is 2.51. The molecule has 0 bridgehead atoms. The van der Waals surface area contributed by atoms with E-state index in [9.17, 15) is 0 Å². The average molecular weight is 482 g/mol. The molecule has 1 heterocycles. The topological polar surface area (TPSA) is 3.24 Å². The number of quaternary nitrogens is 1. The van der Waals surface area contributed by atoms with Gasteiger partial charge in [-0.2, -0.15) is 0 Å². The molecule has 1 aliphatic heterocycles. The minimum absolute atomic E-state index is 0.273. The van der Waals surface area contributed by atoms with Gasteiger partial charge in [-0.15, -0.1) is 0 Å². The van der Waals surface area contributed by atoms with E-state index in [1.165, 1.54) is 55.7 Å². The summed E-state index contributed by atoms with van der Waals surface area (Å²) in [7, 11) is 4.52. The Labute approximate surface area is 214 Å². The van der Waals surface area contributed by atoms with Crippen molar-refractivity contribution in [2.24, 2.45) is 0 Å². The number of nitrogens with zero attached hydrogens (tertiary/aromatic N) is 2. The summed E-state index contributed by atoms with van der Waals surface area (Å²) >= 11 is 6.37. The quantitative estimate of drug-likeness (QED) is 0.263. The zero-order valence-corrected chi connectivity index (χ0v) is 22.1. The molecule has 0 saturated heterocycles. The molecule has 0 aliphatic carbocycles. The number of hydrogen-bond acceptors (Lipinski definition) is 1. The molecular weight excluding hydrogens is 448 g/mol. The highest BCUT2D eigenvalue weighted by molar-refractivity contribution is 6.25. The second kappa shape index (κ2) is 9.18. The van der Waals surface area contributed by atoms with E-state index in [4.69, 9.17) is 11.6 Å². The van der Waals surface area contributed by atoms with Crippen molar-refractivity contribution in [3.8, 4) is 0 Å². The van der Waals surface area contributed by atoms with Gasteiger partial charge in [0.15, 0.2) is 5.69 Å². The van der Waals surface area contributed by atoms with Gasteiger partial charge in [0.1, 0.15) is 17.9 Å². The maximum Gasteiger partial charge on any atom is 0.164 e. The van der Waals surface area contributed by atoms with Crippen LogP contribution in [0.3, 0.4) is 0 Å². The third-order valence-electron chi connectivity index (χ3n) is 8.02. The van der Waals surface area contributed by atoms with Gasteiger partial charge in [-0.05, 0) is 60.7 Å². The van der Waals surface area contributed by atoms with Gasteiger partial charge in [-0.3, -0.25) is 4.48 Å². The van der Waals surface area contributed by atoms with Crippen molar-refractivity contribution in [1.82, 2.24) is 4.48 Å². The lowest BCUT2D eigenvalue weighted by Crippen LogP contribution is -2.47. The van der Waals surface area contributed by atoms with Crippen LogP contribution in [-0.2, 0) is 6.42 Å². The summed E-state index contributed by atoms with van der Waals surface area (Å²) < 4.78 is 0.642. The van der Waals surface area contributed by atoms with Gasteiger partial charge in [0.05, 0.1) is 12.6 Å². The number of halogens is 1. The first-order chi connectivity index (χ1) is 16.9. The van der Waals surface area contributed by atoms with Crippen LogP contribution in [0.2, 0.25) is 0 Å². The average Bonchev–Trinajstić information content (AvgIpc) is 2.85. The zero-order chi connectivity index (χ0) is 24.7. The van der Waals surface area contributed by atoms with Crippen molar-refractivity contribution in [2.75, 3.05) is 19.0 Å². The van der Waals surface area contributed by atoms with Crippen molar-refractivity contribution >= 4 is 39.4 Å². The number of rotatable bonds is 4. The van der Waals surface area contributed by atoms with Gasteiger partial charge in [-0.25, -0.2) is 0 Å². The molecule has 3 heteroatoms. The minimum atomic E-state index is 0.273. The second-order valence-corrected chi connectivity index (χ2v) is 10.3. The van der Waals surface area contributed by atoms with Crippen molar-refractivity contribution < 1.29 is 0 Å². The van der Waals surface area contributed by atoms with Gasteiger partial charge in [0.2, 0.25) is 0 Å². The Bertz CT molecular complexity index is 1420. The minimum Gasteiger partial charge on any atom is -0.339 e. The van der Waals surface area contributed by atoms with Crippen LogP contribution in [0.25, 0.3) is 10.8 Å². The molecule has 5 rings (SSSR count). The Morgan fingerprint density at radius 1 is 0.886 bits per heavy atom. The van der Waals surface area contributed by atoms with Crippen molar-refractivity contribution in [1.29, 1.82) is 0 Å². The molecule has 1 aliphatic rings. The SMILES string of the molecule is Cc1cccc(C)c1N(C)c1cccc2c1[N+](C)(C=CCl)C(c1ccc3ccccc3c1C)CC2. The van der Waals surface area contributed by atoms with Gasteiger partial charge in [-0.1, -0.05) is 78.3 Å². The van der Waals surface area contributed by atoms with Crippen LogP contribution in [0.1, 0.15) is 40.3 Å². The van der Waals surface area contributed by atoms with Gasteiger partial charge >= 0.3 is 0 Å². The highest BCUT2D eigenvalue weighted by Gasteiger charge is 2.43. The molecular formula is C32H34ClN2+. The number of para-hydroxylation sites is 2. The standard InChI is InChI=1S/C32H34ClN2/c1-22-10-8-11-23(2)31(22)34(4)29-15-9-13-26-17-19-30(35(5,21-20-33)32(26)29)28-18-16-25-12-6-7-14-27(25)24(28)3/h6-16,18,20-21,30H,17,19H2,1-5H3/q+1. The fourth-order valence-corrected chi connectivity index (χ4v) is 6.56. The molecule has 4 aromatic carbocycles. The summed E-state index contributed by atoms with van der Waals surface area (Å²) in [5.41, 5.74) is 12.3. The molecule has 0 fully saturated rings. The van der Waals surface area contributed by atoms with Gasteiger partial charge < -0.3 is 4.90 Å². The van der Waals surface area contributed by atoms with Gasteiger partial charge in [0, 0.05) is 30.3 Å². The van der Waals surface area contributed by atoms with E-state index in [0.29, 0.717) is 4.48 Å². The van der Waals surface area contributed by atoms with Crippen molar-refractivity contribution in [2.45, 2.75) is 39.7 Å². The molecule has 0 aromatic heterocycles.